The zero-order chi connectivity index (χ0) is 21.0. The fraction of sp³-hybridized carbons (Fsp3) is 0.217. The van der Waals surface area contributed by atoms with Crippen molar-refractivity contribution in [1.82, 2.24) is 9.88 Å². The van der Waals surface area contributed by atoms with Crippen LogP contribution in [0.4, 0.5) is 0 Å². The van der Waals surface area contributed by atoms with E-state index in [0.29, 0.717) is 17.7 Å². The van der Waals surface area contributed by atoms with E-state index in [1.54, 1.807) is 31.4 Å². The molecule has 150 valence electrons. The Balaban J connectivity index is 1.73. The van der Waals surface area contributed by atoms with Gasteiger partial charge < -0.3 is 19.4 Å². The summed E-state index contributed by atoms with van der Waals surface area (Å²) in [6.07, 6.45) is 0. The number of rotatable bonds is 6. The first-order chi connectivity index (χ1) is 13.9. The molecule has 0 atom stereocenters. The monoisotopic (exact) mass is 392 g/mol. The van der Waals surface area contributed by atoms with E-state index >= 15 is 0 Å². The number of aromatic nitrogens is 1. The van der Waals surface area contributed by atoms with E-state index < -0.39 is 0 Å². The number of nitrogens with zero attached hydrogens (tertiary/aromatic N) is 1. The largest absolute Gasteiger partial charge is 0.497 e. The first kappa shape index (κ1) is 20.2. The Kier molecular flexibility index (Phi) is 6.02. The molecule has 0 spiro atoms. The van der Waals surface area contributed by atoms with Gasteiger partial charge in [0.05, 0.1) is 25.3 Å². The van der Waals surface area contributed by atoms with Crippen LogP contribution in [0.25, 0.3) is 5.69 Å². The number of aryl methyl sites for hydroxylation is 1. The highest BCUT2D eigenvalue weighted by Gasteiger charge is 2.16. The highest BCUT2D eigenvalue weighted by molar-refractivity contribution is 5.96. The molecule has 1 amide bonds. The lowest BCUT2D eigenvalue weighted by Gasteiger charge is -2.11. The molecule has 0 aliphatic heterocycles. The van der Waals surface area contributed by atoms with Crippen molar-refractivity contribution in [3.8, 4) is 11.4 Å². The molecule has 0 fully saturated rings. The number of carbonyl (C=O) groups excluding carboxylic acids is 2. The van der Waals surface area contributed by atoms with Gasteiger partial charge in [-0.1, -0.05) is 12.1 Å². The van der Waals surface area contributed by atoms with Crippen LogP contribution in [0.1, 0.15) is 37.7 Å². The Hall–Kier alpha value is -3.54. The van der Waals surface area contributed by atoms with Gasteiger partial charge in [0.15, 0.2) is 0 Å². The minimum Gasteiger partial charge on any atom is -0.497 e. The molecule has 0 aliphatic carbocycles. The highest BCUT2D eigenvalue weighted by atomic mass is 16.5. The van der Waals surface area contributed by atoms with Crippen LogP contribution in [0.3, 0.4) is 0 Å². The topological polar surface area (TPSA) is 69.6 Å². The Morgan fingerprint density at radius 1 is 0.966 bits per heavy atom. The average Bonchev–Trinajstić information content (AvgIpc) is 3.05. The van der Waals surface area contributed by atoms with Gasteiger partial charge in [-0.15, -0.1) is 0 Å². The first-order valence-electron chi connectivity index (χ1n) is 9.23. The first-order valence-corrected chi connectivity index (χ1v) is 9.23. The fourth-order valence-corrected chi connectivity index (χ4v) is 3.28. The standard InChI is InChI=1S/C23H24N2O4/c1-15-13-21(16(2)25(15)19-9-11-20(28-3)12-10-19)22(26)24-14-17-5-7-18(8-6-17)23(27)29-4/h5-13H,14H2,1-4H3,(H,24,26). The summed E-state index contributed by atoms with van der Waals surface area (Å²) in [6.45, 7) is 4.27. The smallest absolute Gasteiger partial charge is 0.337 e. The molecular weight excluding hydrogens is 368 g/mol. The number of nitrogens with one attached hydrogen (secondary N) is 1. The van der Waals surface area contributed by atoms with Crippen molar-refractivity contribution in [3.63, 3.8) is 0 Å². The van der Waals surface area contributed by atoms with Gasteiger partial charge in [-0.25, -0.2) is 4.79 Å². The Bertz CT molecular complexity index is 1020. The van der Waals surface area contributed by atoms with E-state index in [4.69, 9.17) is 9.47 Å². The predicted molar refractivity (Wildman–Crippen MR) is 111 cm³/mol. The number of hydrogen-bond donors (Lipinski definition) is 1. The van der Waals surface area contributed by atoms with Crippen molar-refractivity contribution in [1.29, 1.82) is 0 Å². The molecule has 2 aromatic carbocycles. The second-order valence-electron chi connectivity index (χ2n) is 6.69. The highest BCUT2D eigenvalue weighted by Crippen LogP contribution is 2.23. The fourth-order valence-electron chi connectivity index (χ4n) is 3.28. The van der Waals surface area contributed by atoms with Crippen molar-refractivity contribution in [3.05, 3.63) is 82.7 Å². The van der Waals surface area contributed by atoms with Crippen LogP contribution in [0.2, 0.25) is 0 Å². The molecule has 0 bridgehead atoms. The van der Waals surface area contributed by atoms with Gasteiger partial charge in [-0.2, -0.15) is 0 Å². The molecule has 6 heteroatoms. The van der Waals surface area contributed by atoms with E-state index in [1.807, 2.05) is 48.7 Å². The minimum absolute atomic E-state index is 0.144. The molecule has 29 heavy (non-hydrogen) atoms. The third-order valence-electron chi connectivity index (χ3n) is 4.83. The lowest BCUT2D eigenvalue weighted by Crippen LogP contribution is -2.23. The number of esters is 1. The number of hydrogen-bond acceptors (Lipinski definition) is 4. The predicted octanol–water partition coefficient (Wildman–Crippen LogP) is 3.82. The third kappa shape index (κ3) is 4.32. The van der Waals surface area contributed by atoms with Crippen LogP contribution >= 0.6 is 0 Å². The van der Waals surface area contributed by atoms with Gasteiger partial charge in [0.25, 0.3) is 5.91 Å². The molecule has 3 aromatic rings. The number of amides is 1. The maximum absolute atomic E-state index is 12.7. The molecule has 1 heterocycles. The molecular formula is C23H24N2O4. The van der Waals surface area contributed by atoms with Crippen LogP contribution in [-0.4, -0.2) is 30.7 Å². The van der Waals surface area contributed by atoms with Crippen molar-refractivity contribution in [2.45, 2.75) is 20.4 Å². The second-order valence-corrected chi connectivity index (χ2v) is 6.69. The van der Waals surface area contributed by atoms with Crippen molar-refractivity contribution < 1.29 is 19.1 Å². The summed E-state index contributed by atoms with van der Waals surface area (Å²) < 4.78 is 11.9. The zero-order valence-corrected chi connectivity index (χ0v) is 17.0. The number of benzene rings is 2. The van der Waals surface area contributed by atoms with Gasteiger partial charge in [0.1, 0.15) is 5.75 Å². The number of methoxy groups -OCH3 is 2. The molecule has 0 saturated carbocycles. The maximum atomic E-state index is 12.7. The Morgan fingerprint density at radius 3 is 2.21 bits per heavy atom. The van der Waals surface area contributed by atoms with E-state index in [0.717, 1.165) is 28.4 Å². The normalized spacial score (nSPS) is 10.5. The third-order valence-corrected chi connectivity index (χ3v) is 4.83. The summed E-state index contributed by atoms with van der Waals surface area (Å²) in [5, 5.41) is 2.94. The lowest BCUT2D eigenvalue weighted by molar-refractivity contribution is 0.0600. The summed E-state index contributed by atoms with van der Waals surface area (Å²) in [5.74, 6) is 0.258. The van der Waals surface area contributed by atoms with E-state index in [-0.39, 0.29) is 11.9 Å². The van der Waals surface area contributed by atoms with E-state index in [2.05, 4.69) is 5.32 Å². The van der Waals surface area contributed by atoms with Crippen LogP contribution in [0, 0.1) is 13.8 Å². The molecule has 0 unspecified atom stereocenters. The average molecular weight is 392 g/mol. The van der Waals surface area contributed by atoms with Crippen LogP contribution in [0.5, 0.6) is 5.75 Å². The lowest BCUT2D eigenvalue weighted by atomic mass is 10.1. The second kappa shape index (κ2) is 8.65. The molecule has 1 N–H and O–H groups in total. The van der Waals surface area contributed by atoms with Gasteiger partial charge in [0, 0.05) is 23.6 Å². The number of ether oxygens (including phenoxy) is 2. The molecule has 0 saturated heterocycles. The molecule has 0 aliphatic rings. The van der Waals surface area contributed by atoms with Crippen molar-refractivity contribution in [2.75, 3.05) is 14.2 Å². The quantitative estimate of drug-likeness (QED) is 0.648. The van der Waals surface area contributed by atoms with Gasteiger partial charge in [-0.05, 0) is 61.9 Å². The Morgan fingerprint density at radius 2 is 1.62 bits per heavy atom. The minimum atomic E-state index is -0.383. The molecule has 0 radical (unpaired) electrons. The van der Waals surface area contributed by atoms with Gasteiger partial charge in [-0.3, -0.25) is 4.79 Å². The molecule has 1 aromatic heterocycles. The van der Waals surface area contributed by atoms with Crippen molar-refractivity contribution in [2.24, 2.45) is 0 Å². The SMILES string of the molecule is COC(=O)c1ccc(CNC(=O)c2cc(C)n(-c3ccc(OC)cc3)c2C)cc1. The zero-order valence-electron chi connectivity index (χ0n) is 17.0. The van der Waals surface area contributed by atoms with Gasteiger partial charge in [0.2, 0.25) is 0 Å². The summed E-state index contributed by atoms with van der Waals surface area (Å²) in [5.41, 5.74) is 4.81. The molecule has 3 rings (SSSR count). The van der Waals surface area contributed by atoms with E-state index in [9.17, 15) is 9.59 Å². The van der Waals surface area contributed by atoms with Crippen molar-refractivity contribution >= 4 is 11.9 Å². The van der Waals surface area contributed by atoms with Gasteiger partial charge >= 0.3 is 5.97 Å². The maximum Gasteiger partial charge on any atom is 0.337 e. The molecule has 6 nitrogen and oxygen atoms in total. The van der Waals surface area contributed by atoms with Crippen LogP contribution in [0.15, 0.2) is 54.6 Å². The number of carbonyl (C=O) groups is 2. The van der Waals surface area contributed by atoms with Crippen LogP contribution in [-0.2, 0) is 11.3 Å². The summed E-state index contributed by atoms with van der Waals surface area (Å²) in [6, 6.07) is 16.6. The summed E-state index contributed by atoms with van der Waals surface area (Å²) in [7, 11) is 2.98. The van der Waals surface area contributed by atoms with Crippen LogP contribution < -0.4 is 10.1 Å². The van der Waals surface area contributed by atoms with E-state index in [1.165, 1.54) is 7.11 Å². The Labute approximate surface area is 170 Å². The summed E-state index contributed by atoms with van der Waals surface area (Å²) in [4.78, 5) is 24.2. The summed E-state index contributed by atoms with van der Waals surface area (Å²) >= 11 is 0.